The third kappa shape index (κ3) is 8.89. The number of hydrogen-bond acceptors (Lipinski definition) is 2. The van der Waals surface area contributed by atoms with Crippen LogP contribution < -0.4 is 9.80 Å². The number of fused-ring (bicyclic) bond motifs is 4. The minimum absolute atomic E-state index is 0.0577. The van der Waals surface area contributed by atoms with E-state index in [1.165, 1.54) is 97.4 Å². The predicted octanol–water partition coefficient (Wildman–Crippen LogP) is 21.3. The molecule has 0 radical (unpaired) electrons. The van der Waals surface area contributed by atoms with E-state index in [-0.39, 0.29) is 21.0 Å². The first-order valence-corrected chi connectivity index (χ1v) is 30.0. The molecular formula is C74H56N2S2. The summed E-state index contributed by atoms with van der Waals surface area (Å²) in [6.07, 6.45) is 4.33. The average Bonchev–Trinajstić information content (AvgIpc) is 3.51. The van der Waals surface area contributed by atoms with E-state index in [2.05, 4.69) is 313 Å². The number of para-hydroxylation sites is 2. The van der Waals surface area contributed by atoms with Crippen molar-refractivity contribution in [2.75, 3.05) is 22.3 Å². The summed E-state index contributed by atoms with van der Waals surface area (Å²) in [4.78, 5) is 7.17. The molecule has 0 spiro atoms. The van der Waals surface area contributed by atoms with Crippen LogP contribution in [0.2, 0.25) is 0 Å². The molecule has 0 aliphatic rings. The molecule has 13 rings (SSSR count). The molecule has 13 aromatic carbocycles. The molecule has 2 atom stereocenters. The molecule has 0 saturated heterocycles. The summed E-state index contributed by atoms with van der Waals surface area (Å²) < 4.78 is 0. The van der Waals surface area contributed by atoms with Crippen LogP contribution >= 0.6 is 21.0 Å². The topological polar surface area (TPSA) is 6.48 Å². The summed E-state index contributed by atoms with van der Waals surface area (Å²) in [5, 5.41) is 9.84. The molecule has 0 amide bonds. The molecule has 4 heteroatoms. The molecular weight excluding hydrogens is 981 g/mol. The van der Waals surface area contributed by atoms with Crippen LogP contribution in [0.4, 0.5) is 34.1 Å². The van der Waals surface area contributed by atoms with Crippen molar-refractivity contribution in [2.24, 2.45) is 0 Å². The highest BCUT2D eigenvalue weighted by molar-refractivity contribution is 8.13. The van der Waals surface area contributed by atoms with Crippen LogP contribution in [0.25, 0.3) is 87.6 Å². The third-order valence-corrected chi connectivity index (χ3v) is 17.3. The van der Waals surface area contributed by atoms with Crippen LogP contribution in [0.3, 0.4) is 0 Å². The predicted molar refractivity (Wildman–Crippen MR) is 345 cm³/mol. The number of nitrogens with zero attached hydrogens (tertiary/aromatic N) is 2. The van der Waals surface area contributed by atoms with Gasteiger partial charge in [0.2, 0.25) is 0 Å². The van der Waals surface area contributed by atoms with Gasteiger partial charge in [0.05, 0.1) is 0 Å². The van der Waals surface area contributed by atoms with Crippen LogP contribution in [0.1, 0.15) is 0 Å². The molecule has 2 nitrogen and oxygen atoms in total. The zero-order valence-electron chi connectivity index (χ0n) is 43.7. The second kappa shape index (κ2) is 20.8. The molecule has 0 saturated carbocycles. The first-order valence-electron chi connectivity index (χ1n) is 26.4. The van der Waals surface area contributed by atoms with Crippen molar-refractivity contribution in [2.45, 2.75) is 9.79 Å². The fourth-order valence-corrected chi connectivity index (χ4v) is 12.8. The van der Waals surface area contributed by atoms with Gasteiger partial charge in [-0.3, -0.25) is 0 Å². The van der Waals surface area contributed by atoms with Gasteiger partial charge in [-0.1, -0.05) is 194 Å². The monoisotopic (exact) mass is 1040 g/mol. The number of benzene rings is 13. The highest BCUT2D eigenvalue weighted by atomic mass is 32.2. The van der Waals surface area contributed by atoms with Crippen LogP contribution in [0.5, 0.6) is 0 Å². The Bertz CT molecular complexity index is 3980. The summed E-state index contributed by atoms with van der Waals surface area (Å²) in [5.41, 5.74) is 16.4. The van der Waals surface area contributed by atoms with E-state index < -0.39 is 0 Å². The Morgan fingerprint density at radius 1 is 0.218 bits per heavy atom. The summed E-state index contributed by atoms with van der Waals surface area (Å²) in [6, 6.07) is 102. The molecule has 374 valence electrons. The molecule has 0 aliphatic carbocycles. The van der Waals surface area contributed by atoms with Gasteiger partial charge in [0.15, 0.2) is 0 Å². The summed E-state index contributed by atoms with van der Waals surface area (Å²) >= 11 is 0. The third-order valence-electron chi connectivity index (χ3n) is 15.2. The SMILES string of the molecule is C=S(C)c1ccc(N(c2ccccc2)c2ccc(-c3c4ccccc4c(-c4ccc(-c5c6ccccc6c(-c6ccc(N(c7ccccc7)c7ccc(S(=C)C)cc7)cc6)c6ccccc56)cc4)c4ccccc34)cc2)cc1. The van der Waals surface area contributed by atoms with Crippen molar-refractivity contribution in [1.29, 1.82) is 0 Å². The van der Waals surface area contributed by atoms with Crippen LogP contribution in [-0.2, 0) is 0 Å². The van der Waals surface area contributed by atoms with Crippen molar-refractivity contribution in [3.05, 3.63) is 279 Å². The highest BCUT2D eigenvalue weighted by Gasteiger charge is 2.21. The largest absolute Gasteiger partial charge is 0.311 e. The van der Waals surface area contributed by atoms with E-state index in [0.717, 1.165) is 34.1 Å². The molecule has 0 bridgehead atoms. The fraction of sp³-hybridized carbons (Fsp3) is 0.0270. The average molecular weight is 1040 g/mol. The fourth-order valence-electron chi connectivity index (χ4n) is 11.6. The Morgan fingerprint density at radius 3 is 0.615 bits per heavy atom. The zero-order valence-corrected chi connectivity index (χ0v) is 45.3. The summed E-state index contributed by atoms with van der Waals surface area (Å²) in [6.45, 7) is 0. The van der Waals surface area contributed by atoms with Gasteiger partial charge < -0.3 is 9.80 Å². The van der Waals surface area contributed by atoms with E-state index in [1.54, 1.807) is 0 Å². The van der Waals surface area contributed by atoms with E-state index in [4.69, 9.17) is 0 Å². The number of rotatable bonds is 12. The van der Waals surface area contributed by atoms with E-state index in [0.29, 0.717) is 0 Å². The van der Waals surface area contributed by atoms with Gasteiger partial charge >= 0.3 is 0 Å². The molecule has 0 fully saturated rings. The quantitative estimate of drug-likeness (QED) is 0.0889. The lowest BCUT2D eigenvalue weighted by atomic mass is 9.84. The normalized spacial score (nSPS) is 12.2. The van der Waals surface area contributed by atoms with Crippen LogP contribution in [-0.4, -0.2) is 24.3 Å². The Balaban J connectivity index is 0.883. The first kappa shape index (κ1) is 48.6. The maximum atomic E-state index is 4.28. The van der Waals surface area contributed by atoms with Gasteiger partial charge in [-0.05, 0) is 197 Å². The molecule has 0 heterocycles. The smallest absolute Gasteiger partial charge is 0.0462 e. The Labute approximate surface area is 462 Å². The van der Waals surface area contributed by atoms with Crippen molar-refractivity contribution in [3.8, 4) is 44.5 Å². The molecule has 0 aliphatic heterocycles. The van der Waals surface area contributed by atoms with Crippen molar-refractivity contribution < 1.29 is 0 Å². The second-order valence-corrected chi connectivity index (χ2v) is 23.4. The number of anilines is 6. The van der Waals surface area contributed by atoms with Crippen molar-refractivity contribution in [3.63, 3.8) is 0 Å². The first-order chi connectivity index (χ1) is 38.4. The molecule has 2 unspecified atom stereocenters. The molecule has 78 heavy (non-hydrogen) atoms. The van der Waals surface area contributed by atoms with Gasteiger partial charge in [-0.2, -0.15) is 21.0 Å². The lowest BCUT2D eigenvalue weighted by Crippen LogP contribution is -2.09. The minimum atomic E-state index is -0.0577. The summed E-state index contributed by atoms with van der Waals surface area (Å²) in [5.74, 6) is 8.56. The number of hydrogen-bond donors (Lipinski definition) is 0. The van der Waals surface area contributed by atoms with Crippen LogP contribution in [0.15, 0.2) is 289 Å². The Hall–Kier alpha value is -9.06. The highest BCUT2D eigenvalue weighted by Crippen LogP contribution is 2.48. The van der Waals surface area contributed by atoms with Gasteiger partial charge in [0.1, 0.15) is 0 Å². The lowest BCUT2D eigenvalue weighted by molar-refractivity contribution is 1.27. The van der Waals surface area contributed by atoms with E-state index in [9.17, 15) is 0 Å². The van der Waals surface area contributed by atoms with E-state index >= 15 is 0 Å². The van der Waals surface area contributed by atoms with E-state index in [1.807, 2.05) is 0 Å². The maximum Gasteiger partial charge on any atom is 0.0462 e. The van der Waals surface area contributed by atoms with Gasteiger partial charge in [-0.25, -0.2) is 0 Å². The van der Waals surface area contributed by atoms with Crippen molar-refractivity contribution in [1.82, 2.24) is 0 Å². The standard InChI is InChI=1S/C74H56N2S2/c1-77(2)61-47-43-59(44-48-61)75(55-19-7-5-8-20-55)57-39-35-53(36-40-57)73-67-27-15-11-23-63(67)71(64-24-12-16-28-68(64)73)51-31-33-52(34-32-51)72-65-25-13-17-29-69(65)74(70-30-18-14-26-66(70)72)54-37-41-58(42-38-54)76(56-21-9-6-10-22-56)60-45-49-62(50-46-60)78(3)4/h5-50H,1,3H2,2,4H3. The molecule has 0 aromatic heterocycles. The van der Waals surface area contributed by atoms with Gasteiger partial charge in [-0.15, -0.1) is 0 Å². The Kier molecular flexibility index (Phi) is 13.0. The zero-order chi connectivity index (χ0) is 52.7. The molecule has 0 N–H and O–H groups in total. The summed E-state index contributed by atoms with van der Waals surface area (Å²) in [7, 11) is -0.115. The van der Waals surface area contributed by atoms with Crippen molar-refractivity contribution >= 4 is 110 Å². The van der Waals surface area contributed by atoms with Gasteiger partial charge in [0.25, 0.3) is 0 Å². The second-order valence-electron chi connectivity index (χ2n) is 20.0. The Morgan fingerprint density at radius 2 is 0.397 bits per heavy atom. The van der Waals surface area contributed by atoms with Crippen LogP contribution in [0, 0.1) is 0 Å². The minimum Gasteiger partial charge on any atom is -0.311 e. The molecule has 13 aromatic rings. The lowest BCUT2D eigenvalue weighted by Gasteiger charge is -2.26. The van der Waals surface area contributed by atoms with Gasteiger partial charge in [0, 0.05) is 43.9 Å². The maximum absolute atomic E-state index is 4.28.